The molecule has 0 radical (unpaired) electrons. The molecule has 244 valence electrons. The molecule has 16 nitrogen and oxygen atoms in total. The molecule has 0 fully saturated rings. The number of carboxylic acid groups (broad SMARTS) is 8. The van der Waals surface area contributed by atoms with Crippen molar-refractivity contribution in [3.63, 3.8) is 0 Å². The number of rotatable bonds is 10. The summed E-state index contributed by atoms with van der Waals surface area (Å²) in [6, 6.07) is 13.4. The quantitative estimate of drug-likeness (QED) is 0.118. The molecule has 0 saturated carbocycles. The van der Waals surface area contributed by atoms with Crippen molar-refractivity contribution in [3.8, 4) is 22.3 Å². The van der Waals surface area contributed by atoms with Crippen molar-refractivity contribution in [2.24, 2.45) is 0 Å². The molecule has 8 N–H and O–H groups in total. The Morgan fingerprint density at radius 3 is 1.10 bits per heavy atom. The fourth-order valence-corrected chi connectivity index (χ4v) is 4.65. The van der Waals surface area contributed by atoms with Gasteiger partial charge in [0.25, 0.3) is 0 Å². The van der Waals surface area contributed by atoms with Crippen LogP contribution in [-0.2, 0) is 0 Å². The summed E-state index contributed by atoms with van der Waals surface area (Å²) < 4.78 is 0. The number of benzene rings is 4. The molecule has 4 aromatic carbocycles. The van der Waals surface area contributed by atoms with E-state index in [0.717, 1.165) is 54.6 Å². The summed E-state index contributed by atoms with van der Waals surface area (Å²) in [7, 11) is 0. The van der Waals surface area contributed by atoms with Gasteiger partial charge >= 0.3 is 47.8 Å². The van der Waals surface area contributed by atoms with Gasteiger partial charge in [0.05, 0.1) is 44.5 Å². The molecule has 0 aliphatic heterocycles. The molecule has 0 amide bonds. The maximum atomic E-state index is 12.3. The lowest BCUT2D eigenvalue weighted by Gasteiger charge is -2.19. The van der Waals surface area contributed by atoms with Crippen molar-refractivity contribution >= 4 is 47.8 Å². The van der Waals surface area contributed by atoms with Gasteiger partial charge in [0.15, 0.2) is 0 Å². The molecule has 48 heavy (non-hydrogen) atoms. The zero-order valence-electron chi connectivity index (χ0n) is 23.8. The first-order valence-electron chi connectivity index (χ1n) is 12.9. The third-order valence-electron chi connectivity index (χ3n) is 6.58. The summed E-state index contributed by atoms with van der Waals surface area (Å²) in [4.78, 5) is 92.3. The predicted octanol–water partition coefficient (Wildman–Crippen LogP) is 4.29. The summed E-state index contributed by atoms with van der Waals surface area (Å²) in [5.74, 6) is -12.6. The van der Waals surface area contributed by atoms with Crippen molar-refractivity contribution in [2.75, 3.05) is 0 Å². The Bertz CT molecular complexity index is 2030. The molecule has 0 bridgehead atoms. The Labute approximate surface area is 266 Å². The van der Waals surface area contributed by atoms with Gasteiger partial charge in [-0.1, -0.05) is 36.4 Å². The van der Waals surface area contributed by atoms with Crippen molar-refractivity contribution in [1.29, 1.82) is 0 Å². The highest BCUT2D eigenvalue weighted by molar-refractivity contribution is 6.16. The minimum absolute atomic E-state index is 0.0186. The van der Waals surface area contributed by atoms with Crippen molar-refractivity contribution in [3.05, 3.63) is 117 Å². The van der Waals surface area contributed by atoms with Crippen molar-refractivity contribution < 1.29 is 79.2 Å². The second-order valence-corrected chi connectivity index (χ2v) is 9.39. The van der Waals surface area contributed by atoms with E-state index in [4.69, 9.17) is 10.2 Å². The van der Waals surface area contributed by atoms with Crippen LogP contribution in [0.2, 0.25) is 0 Å². The molecular formula is C32H20O16. The molecule has 0 aliphatic rings. The zero-order valence-corrected chi connectivity index (χ0v) is 23.8. The maximum Gasteiger partial charge on any atom is 0.337 e. The van der Waals surface area contributed by atoms with Gasteiger partial charge in [0.1, 0.15) is 0 Å². The smallest absolute Gasteiger partial charge is 0.337 e. The first kappa shape index (κ1) is 35.1. The van der Waals surface area contributed by atoms with Crippen LogP contribution in [0.3, 0.4) is 0 Å². The SMILES string of the molecule is O=C(O)c1cccc(-c2ccc(C(=O)O)c(C(=O)O)c2-c2cccc(C(=O)O)c2C(=O)O)c1C(=O)O.O=C(O)c1cccc(C(=O)O)c1. The number of hydrogen-bond acceptors (Lipinski definition) is 8. The molecule has 4 aromatic rings. The Balaban J connectivity index is 0.000000437. The molecule has 0 spiro atoms. The monoisotopic (exact) mass is 660 g/mol. The van der Waals surface area contributed by atoms with E-state index in [0.29, 0.717) is 0 Å². The number of carbonyl (C=O) groups is 8. The average Bonchev–Trinajstić information content (AvgIpc) is 3.03. The van der Waals surface area contributed by atoms with E-state index in [1.807, 2.05) is 0 Å². The summed E-state index contributed by atoms with van der Waals surface area (Å²) in [5.41, 5.74) is -6.75. The minimum atomic E-state index is -1.84. The van der Waals surface area contributed by atoms with E-state index in [1.54, 1.807) is 0 Å². The van der Waals surface area contributed by atoms with Gasteiger partial charge in [-0.3, -0.25) is 0 Å². The van der Waals surface area contributed by atoms with E-state index < -0.39 is 92.3 Å². The van der Waals surface area contributed by atoms with Gasteiger partial charge in [-0.2, -0.15) is 0 Å². The van der Waals surface area contributed by atoms with Crippen LogP contribution >= 0.6 is 0 Å². The summed E-state index contributed by atoms with van der Waals surface area (Å²) >= 11 is 0. The third kappa shape index (κ3) is 7.13. The predicted molar refractivity (Wildman–Crippen MR) is 159 cm³/mol. The van der Waals surface area contributed by atoms with E-state index >= 15 is 0 Å². The van der Waals surface area contributed by atoms with Crippen LogP contribution in [0.4, 0.5) is 0 Å². The molecule has 16 heteroatoms. The zero-order chi connectivity index (χ0) is 36.0. The molecule has 0 heterocycles. The molecule has 0 unspecified atom stereocenters. The largest absolute Gasteiger partial charge is 0.478 e. The molecular weight excluding hydrogens is 640 g/mol. The first-order valence-corrected chi connectivity index (χ1v) is 12.9. The molecule has 4 rings (SSSR count). The average molecular weight is 660 g/mol. The number of hydrogen-bond donors (Lipinski definition) is 8. The number of aromatic carboxylic acids is 8. The fraction of sp³-hybridized carbons (Fsp3) is 0. The van der Waals surface area contributed by atoms with E-state index in [2.05, 4.69) is 0 Å². The summed E-state index contributed by atoms with van der Waals surface area (Å²) in [6.07, 6.45) is 0. The van der Waals surface area contributed by atoms with Gasteiger partial charge in [-0.25, -0.2) is 38.4 Å². The third-order valence-corrected chi connectivity index (χ3v) is 6.58. The van der Waals surface area contributed by atoms with Crippen LogP contribution in [0, 0.1) is 0 Å². The van der Waals surface area contributed by atoms with Gasteiger partial charge < -0.3 is 40.9 Å². The lowest BCUT2D eigenvalue weighted by molar-refractivity contribution is 0.0650. The Hall–Kier alpha value is -7.36. The van der Waals surface area contributed by atoms with Crippen LogP contribution in [-0.4, -0.2) is 88.6 Å². The van der Waals surface area contributed by atoms with Crippen molar-refractivity contribution in [1.82, 2.24) is 0 Å². The Morgan fingerprint density at radius 1 is 0.333 bits per heavy atom. The molecule has 0 aromatic heterocycles. The second-order valence-electron chi connectivity index (χ2n) is 9.39. The second kappa shape index (κ2) is 14.2. The highest BCUT2D eigenvalue weighted by Crippen LogP contribution is 2.41. The van der Waals surface area contributed by atoms with Gasteiger partial charge in [-0.05, 0) is 53.1 Å². The number of carboxylic acids is 8. The van der Waals surface area contributed by atoms with Gasteiger partial charge in [-0.15, -0.1) is 0 Å². The van der Waals surface area contributed by atoms with Crippen LogP contribution in [0.1, 0.15) is 82.9 Å². The topological polar surface area (TPSA) is 298 Å². The summed E-state index contributed by atoms with van der Waals surface area (Å²) in [5, 5.41) is 75.0. The Kier molecular flexibility index (Phi) is 10.4. The highest BCUT2D eigenvalue weighted by Gasteiger charge is 2.31. The van der Waals surface area contributed by atoms with Crippen LogP contribution in [0.15, 0.2) is 72.8 Å². The minimum Gasteiger partial charge on any atom is -0.478 e. The fourth-order valence-electron chi connectivity index (χ4n) is 4.65. The van der Waals surface area contributed by atoms with E-state index in [-0.39, 0.29) is 22.3 Å². The van der Waals surface area contributed by atoms with Gasteiger partial charge in [0, 0.05) is 5.56 Å². The van der Waals surface area contributed by atoms with E-state index in [1.165, 1.54) is 18.2 Å². The molecule has 0 aliphatic carbocycles. The summed E-state index contributed by atoms with van der Waals surface area (Å²) in [6.45, 7) is 0. The normalized spacial score (nSPS) is 10.2. The van der Waals surface area contributed by atoms with Crippen LogP contribution in [0.5, 0.6) is 0 Å². The standard InChI is InChI=1S/C24H14O12.C8H6O4/c25-19(26)12-5-1-3-9(16(12)22(31)32)10-7-8-14(21(29)30)18(24(35)36)15(10)11-4-2-6-13(20(27)28)17(11)23(33)34;9-7(10)5-2-1-3-6(4-5)8(11)12/h1-8H,(H,25,26)(H,27,28)(H,29,30)(H,31,32)(H,33,34)(H,35,36);1-4H,(H,9,10)(H,11,12). The van der Waals surface area contributed by atoms with Crippen LogP contribution in [0.25, 0.3) is 22.3 Å². The van der Waals surface area contributed by atoms with Crippen molar-refractivity contribution in [2.45, 2.75) is 0 Å². The molecule has 0 atom stereocenters. The highest BCUT2D eigenvalue weighted by atomic mass is 16.4. The first-order chi connectivity index (χ1) is 22.5. The molecule has 0 saturated heterocycles. The lowest BCUT2D eigenvalue weighted by atomic mass is 9.83. The lowest BCUT2D eigenvalue weighted by Crippen LogP contribution is -2.15. The van der Waals surface area contributed by atoms with Gasteiger partial charge in [0.2, 0.25) is 0 Å². The van der Waals surface area contributed by atoms with Crippen LogP contribution < -0.4 is 0 Å². The Morgan fingerprint density at radius 2 is 0.708 bits per heavy atom. The maximum absolute atomic E-state index is 12.3. The van der Waals surface area contributed by atoms with E-state index in [9.17, 15) is 69.0 Å².